The van der Waals surface area contributed by atoms with Crippen LogP contribution in [0.3, 0.4) is 0 Å². The highest BCUT2D eigenvalue weighted by molar-refractivity contribution is 6.32. The van der Waals surface area contributed by atoms with Crippen molar-refractivity contribution in [3.05, 3.63) is 34.1 Å². The highest BCUT2D eigenvalue weighted by atomic mass is 35.5. The first kappa shape index (κ1) is 20.0. The lowest BCUT2D eigenvalue weighted by atomic mass is 10.2. The van der Waals surface area contributed by atoms with Gasteiger partial charge >= 0.3 is 5.97 Å². The third-order valence-corrected chi connectivity index (χ3v) is 4.73. The molecule has 150 valence electrons. The second-order valence-electron chi connectivity index (χ2n) is 6.54. The summed E-state index contributed by atoms with van der Waals surface area (Å²) >= 11 is 6.21. The van der Waals surface area contributed by atoms with E-state index in [1.54, 1.807) is 18.7 Å². The lowest BCUT2D eigenvalue weighted by Gasteiger charge is -2.15. The molecule has 0 saturated carbocycles. The first-order chi connectivity index (χ1) is 13.3. The second-order valence-corrected chi connectivity index (χ2v) is 6.95. The molecule has 0 bridgehead atoms. The van der Waals surface area contributed by atoms with E-state index in [1.807, 2.05) is 6.92 Å². The highest BCUT2D eigenvalue weighted by Gasteiger charge is 2.24. The number of aryl methyl sites for hydroxylation is 2. The van der Waals surface area contributed by atoms with E-state index in [2.05, 4.69) is 10.4 Å². The molecule has 1 N–H and O–H groups in total. The molecule has 1 aromatic heterocycles. The summed E-state index contributed by atoms with van der Waals surface area (Å²) in [5.74, 6) is -0.340. The van der Waals surface area contributed by atoms with Gasteiger partial charge in [-0.25, -0.2) is 4.79 Å². The van der Waals surface area contributed by atoms with Crippen molar-refractivity contribution in [2.45, 2.75) is 33.3 Å². The Morgan fingerprint density at radius 3 is 2.68 bits per heavy atom. The molecule has 9 heteroatoms. The fourth-order valence-corrected chi connectivity index (χ4v) is 3.08. The maximum absolute atomic E-state index is 12.5. The second kappa shape index (κ2) is 8.10. The number of hydrogen-bond donors (Lipinski definition) is 1. The molecule has 0 spiro atoms. The molecule has 1 aliphatic heterocycles. The van der Waals surface area contributed by atoms with E-state index in [4.69, 9.17) is 25.8 Å². The number of rotatable bonds is 4. The van der Waals surface area contributed by atoms with Crippen molar-refractivity contribution in [2.24, 2.45) is 7.05 Å². The molecule has 2 aromatic rings. The van der Waals surface area contributed by atoms with Crippen LogP contribution >= 0.6 is 11.6 Å². The van der Waals surface area contributed by atoms with Crippen LogP contribution in [0, 0.1) is 13.8 Å². The van der Waals surface area contributed by atoms with Gasteiger partial charge < -0.3 is 19.5 Å². The van der Waals surface area contributed by atoms with Gasteiger partial charge in [-0.1, -0.05) is 11.6 Å². The number of carbonyl (C=O) groups is 2. The summed E-state index contributed by atoms with van der Waals surface area (Å²) in [6.45, 7) is 6.08. The van der Waals surface area contributed by atoms with Crippen LogP contribution in [0.2, 0.25) is 5.02 Å². The molecule has 1 atom stereocenters. The Morgan fingerprint density at radius 1 is 1.29 bits per heavy atom. The van der Waals surface area contributed by atoms with Crippen LogP contribution in [-0.2, 0) is 16.6 Å². The van der Waals surface area contributed by atoms with Gasteiger partial charge in [0.15, 0.2) is 17.6 Å². The molecule has 1 amide bonds. The Labute approximate surface area is 167 Å². The lowest BCUT2D eigenvalue weighted by Crippen LogP contribution is -2.30. The van der Waals surface area contributed by atoms with Crippen LogP contribution in [0.1, 0.15) is 35.1 Å². The van der Waals surface area contributed by atoms with E-state index in [0.717, 1.165) is 12.1 Å². The Hall–Kier alpha value is -2.74. The largest absolute Gasteiger partial charge is 0.489 e. The quantitative estimate of drug-likeness (QED) is 0.783. The molecule has 28 heavy (non-hydrogen) atoms. The molecule has 0 fully saturated rings. The van der Waals surface area contributed by atoms with Crippen LogP contribution in [0.25, 0.3) is 0 Å². The van der Waals surface area contributed by atoms with Crippen LogP contribution in [0.15, 0.2) is 12.1 Å². The average molecular weight is 408 g/mol. The topological polar surface area (TPSA) is 91.7 Å². The first-order valence-electron chi connectivity index (χ1n) is 8.89. The van der Waals surface area contributed by atoms with Crippen molar-refractivity contribution in [1.82, 2.24) is 9.78 Å². The number of hydrogen-bond acceptors (Lipinski definition) is 6. The molecule has 0 unspecified atom stereocenters. The summed E-state index contributed by atoms with van der Waals surface area (Å²) in [5, 5.41) is 7.25. The number of anilines is 1. The fourth-order valence-electron chi connectivity index (χ4n) is 2.81. The smallest absolute Gasteiger partial charge is 0.339 e. The fraction of sp³-hybridized carbons (Fsp3) is 0.421. The maximum atomic E-state index is 12.5. The monoisotopic (exact) mass is 407 g/mol. The van der Waals surface area contributed by atoms with Crippen molar-refractivity contribution >= 4 is 29.2 Å². The number of carbonyl (C=O) groups excluding carboxylic acids is 2. The van der Waals surface area contributed by atoms with Crippen molar-refractivity contribution in [3.8, 4) is 11.5 Å². The summed E-state index contributed by atoms with van der Waals surface area (Å²) in [6, 6.07) is 2.95. The Morgan fingerprint density at radius 2 is 2.00 bits per heavy atom. The number of ether oxygens (including phenoxy) is 3. The van der Waals surface area contributed by atoms with Gasteiger partial charge in [0.25, 0.3) is 5.91 Å². The zero-order valence-electron chi connectivity index (χ0n) is 16.2. The van der Waals surface area contributed by atoms with E-state index in [9.17, 15) is 9.59 Å². The van der Waals surface area contributed by atoms with Gasteiger partial charge in [-0.2, -0.15) is 5.10 Å². The van der Waals surface area contributed by atoms with Crippen molar-refractivity contribution < 1.29 is 23.8 Å². The van der Waals surface area contributed by atoms with Crippen molar-refractivity contribution in [3.63, 3.8) is 0 Å². The minimum Gasteiger partial charge on any atom is -0.489 e. The molecule has 2 heterocycles. The van der Waals surface area contributed by atoms with E-state index < -0.39 is 18.0 Å². The predicted molar refractivity (Wildman–Crippen MR) is 103 cm³/mol. The van der Waals surface area contributed by atoms with Crippen LogP contribution in [-0.4, -0.2) is 41.0 Å². The van der Waals surface area contributed by atoms with Gasteiger partial charge in [-0.3, -0.25) is 9.48 Å². The van der Waals surface area contributed by atoms with E-state index in [-0.39, 0.29) is 10.6 Å². The average Bonchev–Trinajstić information content (AvgIpc) is 2.84. The summed E-state index contributed by atoms with van der Waals surface area (Å²) in [7, 11) is 1.79. The molecule has 1 aliphatic rings. The van der Waals surface area contributed by atoms with Gasteiger partial charge in [-0.15, -0.1) is 0 Å². The maximum Gasteiger partial charge on any atom is 0.339 e. The van der Waals surface area contributed by atoms with Gasteiger partial charge in [0.05, 0.1) is 40.9 Å². The van der Waals surface area contributed by atoms with Crippen molar-refractivity contribution in [1.29, 1.82) is 0 Å². The zero-order chi connectivity index (χ0) is 20.4. The van der Waals surface area contributed by atoms with Crippen LogP contribution < -0.4 is 14.8 Å². The predicted octanol–water partition coefficient (Wildman–Crippen LogP) is 3.04. The third kappa shape index (κ3) is 4.06. The number of nitrogens with zero attached hydrogens (tertiary/aromatic N) is 2. The molecule has 8 nitrogen and oxygen atoms in total. The number of benzene rings is 1. The molecular weight excluding hydrogens is 386 g/mol. The standard InChI is InChI=1S/C19H22ClN3O5/c1-10-16(11(2)23(4)22-10)21-18(24)12(3)28-19(25)13-8-14(20)17-15(9-13)26-6-5-7-27-17/h8-9,12H,5-7H2,1-4H3,(H,21,24)/t12-/m0/s1. The summed E-state index contributed by atoms with van der Waals surface area (Å²) < 4.78 is 18.1. The molecule has 0 aliphatic carbocycles. The number of fused-ring (bicyclic) bond motifs is 1. The van der Waals surface area contributed by atoms with Gasteiger partial charge in [-0.05, 0) is 32.9 Å². The molecule has 0 saturated heterocycles. The highest BCUT2D eigenvalue weighted by Crippen LogP contribution is 2.38. The normalized spacial score (nSPS) is 14.2. The summed E-state index contributed by atoms with van der Waals surface area (Å²) in [6.07, 6.45) is -0.295. The number of halogens is 1. The van der Waals surface area contributed by atoms with E-state index in [1.165, 1.54) is 19.1 Å². The van der Waals surface area contributed by atoms with Crippen LogP contribution in [0.5, 0.6) is 11.5 Å². The Kier molecular flexibility index (Phi) is 5.79. The first-order valence-corrected chi connectivity index (χ1v) is 9.27. The van der Waals surface area contributed by atoms with E-state index in [0.29, 0.717) is 36.1 Å². The Bertz CT molecular complexity index is 925. The minimum absolute atomic E-state index is 0.183. The van der Waals surface area contributed by atoms with Gasteiger partial charge in [0.1, 0.15) is 0 Å². The number of aromatic nitrogens is 2. The molecule has 1 aromatic carbocycles. The number of esters is 1. The summed E-state index contributed by atoms with van der Waals surface area (Å²) in [4.78, 5) is 24.9. The van der Waals surface area contributed by atoms with E-state index >= 15 is 0 Å². The van der Waals surface area contributed by atoms with Crippen LogP contribution in [0.4, 0.5) is 5.69 Å². The molecule has 0 radical (unpaired) electrons. The van der Waals surface area contributed by atoms with Crippen molar-refractivity contribution in [2.75, 3.05) is 18.5 Å². The zero-order valence-corrected chi connectivity index (χ0v) is 16.9. The Balaban J connectivity index is 1.71. The number of nitrogens with one attached hydrogen (secondary N) is 1. The SMILES string of the molecule is Cc1nn(C)c(C)c1NC(=O)[C@H](C)OC(=O)c1cc(Cl)c2c(c1)OCCCO2. The third-order valence-electron chi connectivity index (χ3n) is 4.45. The number of amides is 1. The van der Waals surface area contributed by atoms with Gasteiger partial charge in [0, 0.05) is 13.5 Å². The van der Waals surface area contributed by atoms with Gasteiger partial charge in [0.2, 0.25) is 0 Å². The molecule has 3 rings (SSSR count). The minimum atomic E-state index is -1.01. The summed E-state index contributed by atoms with van der Waals surface area (Å²) in [5.41, 5.74) is 2.28. The lowest BCUT2D eigenvalue weighted by molar-refractivity contribution is -0.123. The molecular formula is C19H22ClN3O5.